The molecule has 7 nitrogen and oxygen atoms in total. The maximum absolute atomic E-state index is 13.4. The summed E-state index contributed by atoms with van der Waals surface area (Å²) in [5.74, 6) is -1.46. The van der Waals surface area contributed by atoms with E-state index in [9.17, 15) is 14.7 Å². The lowest BCUT2D eigenvalue weighted by atomic mass is 9.95. The number of likely N-dealkylation sites (N-methyl/N-ethyl adjacent to an activating group) is 1. The molecule has 3 aromatic rings. The minimum atomic E-state index is -0.702. The van der Waals surface area contributed by atoms with E-state index >= 15 is 0 Å². The zero-order valence-electron chi connectivity index (χ0n) is 17.6. The van der Waals surface area contributed by atoms with Crippen LogP contribution in [-0.4, -0.2) is 57.8 Å². The number of pyridine rings is 1. The molecule has 0 bridgehead atoms. The van der Waals surface area contributed by atoms with Crippen molar-refractivity contribution in [2.45, 2.75) is 19.9 Å². The highest BCUT2D eigenvalue weighted by atomic mass is 16.3. The van der Waals surface area contributed by atoms with Gasteiger partial charge in [0.15, 0.2) is 11.5 Å². The van der Waals surface area contributed by atoms with Gasteiger partial charge in [0.1, 0.15) is 5.58 Å². The van der Waals surface area contributed by atoms with E-state index in [1.165, 1.54) is 0 Å². The molecule has 1 aliphatic heterocycles. The van der Waals surface area contributed by atoms with Crippen molar-refractivity contribution in [1.82, 2.24) is 14.8 Å². The molecule has 0 fully saturated rings. The van der Waals surface area contributed by atoms with Crippen molar-refractivity contribution in [3.63, 3.8) is 0 Å². The highest BCUT2D eigenvalue weighted by Crippen LogP contribution is 2.39. The third-order valence-electron chi connectivity index (χ3n) is 5.77. The summed E-state index contributed by atoms with van der Waals surface area (Å²) in [6.07, 6.45) is 3.22. The van der Waals surface area contributed by atoms with Gasteiger partial charge in [-0.25, -0.2) is 0 Å². The lowest BCUT2D eigenvalue weighted by molar-refractivity contribution is -0.129. The second-order valence-corrected chi connectivity index (χ2v) is 7.45. The third-order valence-corrected chi connectivity index (χ3v) is 5.77. The number of hydrogen-bond acceptors (Lipinski definition) is 6. The Kier molecular flexibility index (Phi) is 5.86. The predicted octanol–water partition coefficient (Wildman–Crippen LogP) is 3.75. The second-order valence-electron chi connectivity index (χ2n) is 7.45. The summed E-state index contributed by atoms with van der Waals surface area (Å²) in [6, 6.07) is 11.8. The molecule has 0 spiro atoms. The number of ketones is 1. The van der Waals surface area contributed by atoms with Crippen LogP contribution in [0.2, 0.25) is 0 Å². The predicted molar refractivity (Wildman–Crippen MR) is 117 cm³/mol. The van der Waals surface area contributed by atoms with Crippen molar-refractivity contribution < 1.29 is 19.1 Å². The van der Waals surface area contributed by atoms with E-state index in [-0.39, 0.29) is 11.3 Å². The molecular formula is C24H25N3O4. The zero-order valence-corrected chi connectivity index (χ0v) is 17.6. The lowest BCUT2D eigenvalue weighted by Crippen LogP contribution is -2.38. The van der Waals surface area contributed by atoms with E-state index in [4.69, 9.17) is 4.42 Å². The van der Waals surface area contributed by atoms with E-state index in [2.05, 4.69) is 23.7 Å². The number of amides is 1. The fraction of sp³-hybridized carbons (Fsp3) is 0.292. The maximum Gasteiger partial charge on any atom is 0.290 e. The van der Waals surface area contributed by atoms with Gasteiger partial charge in [0.05, 0.1) is 11.6 Å². The van der Waals surface area contributed by atoms with Gasteiger partial charge in [0, 0.05) is 30.9 Å². The average molecular weight is 419 g/mol. The Morgan fingerprint density at radius 1 is 1.16 bits per heavy atom. The molecule has 1 aliphatic rings. The van der Waals surface area contributed by atoms with Gasteiger partial charge in [-0.2, -0.15) is 0 Å². The number of fused-ring (bicyclic) bond motifs is 1. The van der Waals surface area contributed by atoms with Crippen molar-refractivity contribution in [1.29, 1.82) is 0 Å². The van der Waals surface area contributed by atoms with E-state index in [0.29, 0.717) is 24.2 Å². The summed E-state index contributed by atoms with van der Waals surface area (Å²) in [4.78, 5) is 34.2. The minimum Gasteiger partial charge on any atom is -0.503 e. The Bertz CT molecular complexity index is 1100. The monoisotopic (exact) mass is 419 g/mol. The zero-order chi connectivity index (χ0) is 22.0. The summed E-state index contributed by atoms with van der Waals surface area (Å²) in [5.41, 5.74) is 1.33. The van der Waals surface area contributed by atoms with Gasteiger partial charge >= 0.3 is 0 Å². The number of furan rings is 1. The number of carbonyl (C=O) groups is 2. The number of aromatic nitrogens is 1. The van der Waals surface area contributed by atoms with Gasteiger partial charge in [0.2, 0.25) is 5.78 Å². The first-order valence-electron chi connectivity index (χ1n) is 10.4. The first kappa shape index (κ1) is 20.8. The summed E-state index contributed by atoms with van der Waals surface area (Å²) < 4.78 is 5.73. The molecule has 7 heteroatoms. The average Bonchev–Trinajstić information content (AvgIpc) is 3.34. The molecule has 0 aliphatic carbocycles. The number of aliphatic hydroxyl groups is 1. The van der Waals surface area contributed by atoms with Crippen molar-refractivity contribution in [3.05, 3.63) is 77.5 Å². The number of hydrogen-bond donors (Lipinski definition) is 1. The van der Waals surface area contributed by atoms with Gasteiger partial charge in [-0.15, -0.1) is 0 Å². The lowest BCUT2D eigenvalue weighted by Gasteiger charge is -2.29. The summed E-state index contributed by atoms with van der Waals surface area (Å²) in [7, 11) is 0. The van der Waals surface area contributed by atoms with Crippen molar-refractivity contribution in [2.75, 3.05) is 26.2 Å². The smallest absolute Gasteiger partial charge is 0.290 e. The molecule has 2 aromatic heterocycles. The molecule has 4 rings (SSSR count). The van der Waals surface area contributed by atoms with Crippen LogP contribution in [0.25, 0.3) is 11.0 Å². The SMILES string of the molecule is CCN(CC)CCN1C(=O)C(O)=C(C(=O)c2cc3ccccc3o2)[C@H]1c1ccncc1. The molecule has 1 amide bonds. The Balaban J connectivity index is 1.73. The maximum atomic E-state index is 13.4. The Morgan fingerprint density at radius 2 is 1.87 bits per heavy atom. The van der Waals surface area contributed by atoms with E-state index in [1.807, 2.05) is 18.2 Å². The van der Waals surface area contributed by atoms with Gasteiger partial charge in [-0.1, -0.05) is 32.0 Å². The minimum absolute atomic E-state index is 0.0369. The number of aliphatic hydroxyl groups excluding tert-OH is 1. The van der Waals surface area contributed by atoms with Gasteiger partial charge in [-0.05, 0) is 42.9 Å². The van der Waals surface area contributed by atoms with Crippen LogP contribution in [0.1, 0.15) is 36.0 Å². The Morgan fingerprint density at radius 3 is 2.55 bits per heavy atom. The van der Waals surface area contributed by atoms with Gasteiger partial charge in [-0.3, -0.25) is 14.6 Å². The molecule has 0 saturated carbocycles. The first-order chi connectivity index (χ1) is 15.0. The highest BCUT2D eigenvalue weighted by molar-refractivity contribution is 6.16. The number of benzene rings is 1. The highest BCUT2D eigenvalue weighted by Gasteiger charge is 2.44. The molecule has 1 atom stereocenters. The van der Waals surface area contributed by atoms with Gasteiger partial charge in [0.25, 0.3) is 5.91 Å². The van der Waals surface area contributed by atoms with Crippen molar-refractivity contribution in [2.24, 2.45) is 0 Å². The molecule has 1 N–H and O–H groups in total. The van der Waals surface area contributed by atoms with Crippen LogP contribution in [-0.2, 0) is 4.79 Å². The fourth-order valence-corrected chi connectivity index (χ4v) is 4.02. The summed E-state index contributed by atoms with van der Waals surface area (Å²) in [6.45, 7) is 6.84. The quantitative estimate of drug-likeness (QED) is 0.560. The number of para-hydroxylation sites is 1. The van der Waals surface area contributed by atoms with E-state index in [1.54, 1.807) is 41.6 Å². The Labute approximate surface area is 180 Å². The topological polar surface area (TPSA) is 86.9 Å². The standard InChI is InChI=1S/C24H25N3O4/c1-3-26(4-2)13-14-27-21(16-9-11-25-12-10-16)20(23(29)24(27)30)22(28)19-15-17-7-5-6-8-18(17)31-19/h5-12,15,21,29H,3-4,13-14H2,1-2H3/t21-/m1/s1. The number of nitrogens with zero attached hydrogens (tertiary/aromatic N) is 3. The van der Waals surface area contributed by atoms with Crippen molar-refractivity contribution in [3.8, 4) is 0 Å². The molecular weight excluding hydrogens is 394 g/mol. The normalized spacial score (nSPS) is 16.7. The first-order valence-corrected chi connectivity index (χ1v) is 10.4. The molecule has 31 heavy (non-hydrogen) atoms. The summed E-state index contributed by atoms with van der Waals surface area (Å²) >= 11 is 0. The number of carbonyl (C=O) groups excluding carboxylic acids is 2. The van der Waals surface area contributed by atoms with E-state index < -0.39 is 23.5 Å². The van der Waals surface area contributed by atoms with Crippen LogP contribution in [0.5, 0.6) is 0 Å². The Hall–Kier alpha value is -3.45. The second kappa shape index (κ2) is 8.73. The van der Waals surface area contributed by atoms with Crippen LogP contribution < -0.4 is 0 Å². The van der Waals surface area contributed by atoms with Crippen LogP contribution >= 0.6 is 0 Å². The van der Waals surface area contributed by atoms with Crippen LogP contribution in [0.15, 0.2) is 70.6 Å². The summed E-state index contributed by atoms with van der Waals surface area (Å²) in [5, 5.41) is 11.5. The van der Waals surface area contributed by atoms with Gasteiger partial charge < -0.3 is 19.3 Å². The van der Waals surface area contributed by atoms with Crippen LogP contribution in [0, 0.1) is 0 Å². The molecule has 0 saturated heterocycles. The molecule has 3 heterocycles. The fourth-order valence-electron chi connectivity index (χ4n) is 4.02. The number of rotatable bonds is 8. The van der Waals surface area contributed by atoms with Crippen LogP contribution in [0.3, 0.4) is 0 Å². The molecule has 0 unspecified atom stereocenters. The number of Topliss-reactive ketones (excluding diaryl/α,β-unsaturated/α-hetero) is 1. The molecule has 160 valence electrons. The third kappa shape index (κ3) is 3.84. The van der Waals surface area contributed by atoms with Crippen molar-refractivity contribution >= 4 is 22.7 Å². The van der Waals surface area contributed by atoms with E-state index in [0.717, 1.165) is 18.5 Å². The molecule has 1 aromatic carbocycles. The van der Waals surface area contributed by atoms with Crippen LogP contribution in [0.4, 0.5) is 0 Å². The molecule has 0 radical (unpaired) electrons. The largest absolute Gasteiger partial charge is 0.503 e.